The Labute approximate surface area is 396 Å². The van der Waals surface area contributed by atoms with Crippen LogP contribution in [0.1, 0.15) is 245 Å². The number of carbonyl (C=O) groups excluding carboxylic acids is 2. The van der Waals surface area contributed by atoms with Crippen molar-refractivity contribution in [2.75, 3.05) is 13.2 Å². The van der Waals surface area contributed by atoms with Crippen LogP contribution >= 0.6 is 0 Å². The highest BCUT2D eigenvalue weighted by atomic mass is 16.6. The maximum Gasteiger partial charge on any atom is 0.306 e. The number of hydrogen-bond acceptors (Lipinski definition) is 5. The highest BCUT2D eigenvalue weighted by Crippen LogP contribution is 2.15. The van der Waals surface area contributed by atoms with Gasteiger partial charge in [-0.3, -0.25) is 9.59 Å². The minimum absolute atomic E-state index is 0.0834. The molecule has 0 aromatic heterocycles. The van der Waals surface area contributed by atoms with E-state index < -0.39 is 6.10 Å². The first kappa shape index (κ1) is 60.8. The summed E-state index contributed by atoms with van der Waals surface area (Å²) in [4.78, 5) is 24.5. The molecule has 0 spiro atoms. The van der Waals surface area contributed by atoms with Crippen LogP contribution in [0.15, 0.2) is 97.2 Å². The van der Waals surface area contributed by atoms with Gasteiger partial charge in [-0.25, -0.2) is 0 Å². The summed E-state index contributed by atoms with van der Waals surface area (Å²) in [6.45, 7) is 3.99. The Morgan fingerprint density at radius 2 is 0.672 bits per heavy atom. The SMILES string of the molecule is CC/C=C\C/C=C\C/C=C\C/C=C\C/C=C\CCCCCC(=O)OC(CO)COC(=O)CCCCCCCCCCCCCCCCCC/C=C\C/C=C\C/C=C\CCCCCCC. The Kier molecular flexibility index (Phi) is 51.5. The molecule has 0 fully saturated rings. The topological polar surface area (TPSA) is 72.8 Å². The molecule has 64 heavy (non-hydrogen) atoms. The largest absolute Gasteiger partial charge is 0.462 e. The first-order valence-electron chi connectivity index (χ1n) is 26.8. The summed E-state index contributed by atoms with van der Waals surface area (Å²) in [7, 11) is 0. The first-order chi connectivity index (χ1) is 31.6. The lowest BCUT2D eigenvalue weighted by Crippen LogP contribution is -2.28. The van der Waals surface area contributed by atoms with Crippen LogP contribution in [-0.4, -0.2) is 36.4 Å². The van der Waals surface area contributed by atoms with Gasteiger partial charge in [0.2, 0.25) is 0 Å². The molecule has 366 valence electrons. The molecule has 0 amide bonds. The van der Waals surface area contributed by atoms with Crippen LogP contribution in [0.4, 0.5) is 0 Å². The second kappa shape index (κ2) is 54.2. The van der Waals surface area contributed by atoms with Crippen LogP contribution in [0.5, 0.6) is 0 Å². The van der Waals surface area contributed by atoms with Crippen molar-refractivity contribution in [1.29, 1.82) is 0 Å². The molecule has 0 aliphatic carbocycles. The highest BCUT2D eigenvalue weighted by Gasteiger charge is 2.16. The van der Waals surface area contributed by atoms with E-state index in [1.807, 2.05) is 0 Å². The third-order valence-electron chi connectivity index (χ3n) is 11.4. The molecule has 0 aromatic carbocycles. The number of aliphatic hydroxyl groups excluding tert-OH is 1. The van der Waals surface area contributed by atoms with E-state index in [2.05, 4.69) is 111 Å². The predicted molar refractivity (Wildman–Crippen MR) is 279 cm³/mol. The van der Waals surface area contributed by atoms with Crippen molar-refractivity contribution < 1.29 is 24.2 Å². The lowest BCUT2D eigenvalue weighted by Gasteiger charge is -2.15. The molecule has 0 aromatic rings. The number of hydrogen-bond donors (Lipinski definition) is 1. The quantitative estimate of drug-likeness (QED) is 0.0374. The molecule has 0 heterocycles. The van der Waals surface area contributed by atoms with E-state index in [0.717, 1.165) is 89.9 Å². The molecule has 5 heteroatoms. The molecule has 0 aliphatic rings. The van der Waals surface area contributed by atoms with Gasteiger partial charge in [-0.15, -0.1) is 0 Å². The predicted octanol–water partition coefficient (Wildman–Crippen LogP) is 18.0. The molecule has 5 nitrogen and oxygen atoms in total. The highest BCUT2D eigenvalue weighted by molar-refractivity contribution is 5.70. The zero-order valence-electron chi connectivity index (χ0n) is 41.8. The number of allylic oxidation sites excluding steroid dienone is 16. The maximum absolute atomic E-state index is 12.2. The van der Waals surface area contributed by atoms with Crippen molar-refractivity contribution >= 4 is 11.9 Å². The monoisotopic (exact) mass is 889 g/mol. The third-order valence-corrected chi connectivity index (χ3v) is 11.4. The Bertz CT molecular complexity index is 1230. The summed E-state index contributed by atoms with van der Waals surface area (Å²) < 4.78 is 10.7. The summed E-state index contributed by atoms with van der Waals surface area (Å²) in [6.07, 6.45) is 76.6. The van der Waals surface area contributed by atoms with Crippen LogP contribution in [0.2, 0.25) is 0 Å². The summed E-state index contributed by atoms with van der Waals surface area (Å²) in [5, 5.41) is 9.63. The van der Waals surface area contributed by atoms with Crippen molar-refractivity contribution in [2.45, 2.75) is 251 Å². The fourth-order valence-electron chi connectivity index (χ4n) is 7.35. The molecular formula is C59H100O5. The number of rotatable bonds is 48. The zero-order chi connectivity index (χ0) is 46.3. The van der Waals surface area contributed by atoms with Gasteiger partial charge in [-0.05, 0) is 96.3 Å². The van der Waals surface area contributed by atoms with Crippen molar-refractivity contribution in [2.24, 2.45) is 0 Å². The van der Waals surface area contributed by atoms with E-state index >= 15 is 0 Å². The lowest BCUT2D eigenvalue weighted by molar-refractivity contribution is -0.161. The average Bonchev–Trinajstić information content (AvgIpc) is 3.30. The van der Waals surface area contributed by atoms with Gasteiger partial charge >= 0.3 is 11.9 Å². The summed E-state index contributed by atoms with van der Waals surface area (Å²) in [5.74, 6) is -0.629. The van der Waals surface area contributed by atoms with Crippen LogP contribution < -0.4 is 0 Å². The number of aliphatic hydroxyl groups is 1. The van der Waals surface area contributed by atoms with Gasteiger partial charge in [-0.1, -0.05) is 233 Å². The van der Waals surface area contributed by atoms with Crippen molar-refractivity contribution in [3.05, 3.63) is 97.2 Å². The van der Waals surface area contributed by atoms with Gasteiger partial charge in [-0.2, -0.15) is 0 Å². The molecule has 0 aliphatic heterocycles. The number of unbranched alkanes of at least 4 members (excludes halogenated alkanes) is 24. The van der Waals surface area contributed by atoms with E-state index in [9.17, 15) is 14.7 Å². The minimum atomic E-state index is -0.795. The second-order valence-corrected chi connectivity index (χ2v) is 17.6. The average molecular weight is 889 g/mol. The minimum Gasteiger partial charge on any atom is -0.462 e. The van der Waals surface area contributed by atoms with Crippen LogP contribution in [0.3, 0.4) is 0 Å². The molecule has 0 saturated heterocycles. The summed E-state index contributed by atoms with van der Waals surface area (Å²) in [6, 6.07) is 0. The molecule has 1 N–H and O–H groups in total. The van der Waals surface area contributed by atoms with E-state index in [1.165, 1.54) is 128 Å². The Balaban J connectivity index is 3.53. The van der Waals surface area contributed by atoms with Gasteiger partial charge in [0.15, 0.2) is 6.10 Å². The summed E-state index contributed by atoms with van der Waals surface area (Å²) in [5.41, 5.74) is 0. The molecule has 0 bridgehead atoms. The third kappa shape index (κ3) is 51.5. The van der Waals surface area contributed by atoms with E-state index in [0.29, 0.717) is 12.8 Å². The molecule has 0 radical (unpaired) electrons. The van der Waals surface area contributed by atoms with E-state index in [4.69, 9.17) is 9.47 Å². The molecule has 0 rings (SSSR count). The van der Waals surface area contributed by atoms with Crippen molar-refractivity contribution in [3.63, 3.8) is 0 Å². The molecular weight excluding hydrogens is 789 g/mol. The van der Waals surface area contributed by atoms with E-state index in [1.54, 1.807) is 0 Å². The van der Waals surface area contributed by atoms with Gasteiger partial charge in [0.1, 0.15) is 6.61 Å². The van der Waals surface area contributed by atoms with Gasteiger partial charge in [0, 0.05) is 12.8 Å². The molecule has 0 saturated carbocycles. The van der Waals surface area contributed by atoms with Crippen LogP contribution in [0.25, 0.3) is 0 Å². The second-order valence-electron chi connectivity index (χ2n) is 17.6. The Morgan fingerprint density at radius 1 is 0.375 bits per heavy atom. The Hall–Kier alpha value is -3.18. The normalized spacial score (nSPS) is 13.0. The smallest absolute Gasteiger partial charge is 0.306 e. The summed E-state index contributed by atoms with van der Waals surface area (Å²) >= 11 is 0. The number of carbonyl (C=O) groups is 2. The van der Waals surface area contributed by atoms with Gasteiger partial charge < -0.3 is 14.6 Å². The number of esters is 2. The Morgan fingerprint density at radius 3 is 1.03 bits per heavy atom. The van der Waals surface area contributed by atoms with Crippen molar-refractivity contribution in [3.8, 4) is 0 Å². The molecule has 1 unspecified atom stereocenters. The number of ether oxygens (including phenoxy) is 2. The molecule has 1 atom stereocenters. The van der Waals surface area contributed by atoms with Crippen molar-refractivity contribution in [1.82, 2.24) is 0 Å². The lowest BCUT2D eigenvalue weighted by atomic mass is 10.0. The van der Waals surface area contributed by atoms with Crippen LogP contribution in [0, 0.1) is 0 Å². The fourth-order valence-corrected chi connectivity index (χ4v) is 7.35. The van der Waals surface area contributed by atoms with Gasteiger partial charge in [0.05, 0.1) is 6.61 Å². The zero-order valence-corrected chi connectivity index (χ0v) is 41.8. The maximum atomic E-state index is 12.2. The van der Waals surface area contributed by atoms with Crippen LogP contribution in [-0.2, 0) is 19.1 Å². The first-order valence-corrected chi connectivity index (χ1v) is 26.8. The van der Waals surface area contributed by atoms with Gasteiger partial charge in [0.25, 0.3) is 0 Å². The van der Waals surface area contributed by atoms with E-state index in [-0.39, 0.29) is 25.2 Å². The fraction of sp³-hybridized carbons (Fsp3) is 0.695. The standard InChI is InChI=1S/C59H100O5/c1-3-5-7-9-11-13-15-17-19-21-23-24-25-26-27-28-29-30-31-32-33-34-36-37-39-41-43-45-47-49-51-53-58(61)63-56-57(55-60)64-59(62)54-52-50-48-46-44-42-40-38-35-22-20-18-16-14-12-10-8-6-4-2/h6,8,12,14-15,17-18,20-21,23,25-26,35,38,42,44,57,60H,3-5,7,9-11,13,16,19,22,24,27-34,36-37,39-41,43,45-56H2,1-2H3/b8-6-,14-12-,17-15-,20-18-,23-21-,26-25-,38-35-,44-42-.